The zero-order valence-electron chi connectivity index (χ0n) is 10.0. The minimum absolute atomic E-state index is 0.352. The molecule has 0 fully saturated rings. The number of oxazole rings is 1. The number of aromatic nitrogens is 1. The summed E-state index contributed by atoms with van der Waals surface area (Å²) in [6, 6.07) is 15.3. The fourth-order valence-corrected chi connectivity index (χ4v) is 1.86. The van der Waals surface area contributed by atoms with E-state index in [-0.39, 0.29) is 0 Å². The van der Waals surface area contributed by atoms with Crippen molar-refractivity contribution in [3.8, 4) is 11.5 Å². The Labute approximate surface area is 109 Å². The SMILES string of the molecule is [N-]=[N+]=NCc1ccc(-c2nc3ccccc3o2)cc1. The van der Waals surface area contributed by atoms with E-state index in [1.54, 1.807) is 0 Å². The van der Waals surface area contributed by atoms with Gasteiger partial charge >= 0.3 is 0 Å². The topological polar surface area (TPSA) is 74.8 Å². The highest BCUT2D eigenvalue weighted by Crippen LogP contribution is 2.24. The second-order valence-corrected chi connectivity index (χ2v) is 4.07. The molecule has 0 spiro atoms. The molecular weight excluding hydrogens is 240 g/mol. The van der Waals surface area contributed by atoms with Crippen LogP contribution in [0.5, 0.6) is 0 Å². The summed E-state index contributed by atoms with van der Waals surface area (Å²) in [6.45, 7) is 0.352. The number of hydrogen-bond donors (Lipinski definition) is 0. The van der Waals surface area contributed by atoms with Gasteiger partial charge < -0.3 is 4.42 Å². The van der Waals surface area contributed by atoms with E-state index in [4.69, 9.17) is 9.95 Å². The van der Waals surface area contributed by atoms with Crippen LogP contribution < -0.4 is 0 Å². The van der Waals surface area contributed by atoms with Crippen molar-refractivity contribution in [1.29, 1.82) is 0 Å². The molecule has 3 rings (SSSR count). The minimum Gasteiger partial charge on any atom is -0.436 e. The van der Waals surface area contributed by atoms with Crippen molar-refractivity contribution in [1.82, 2.24) is 4.98 Å². The Bertz CT molecular complexity index is 721. The van der Waals surface area contributed by atoms with Crippen molar-refractivity contribution in [3.05, 3.63) is 64.5 Å². The zero-order valence-corrected chi connectivity index (χ0v) is 10.0. The number of azide groups is 1. The molecule has 1 aromatic heterocycles. The maximum Gasteiger partial charge on any atom is 0.227 e. The number of nitrogens with zero attached hydrogens (tertiary/aromatic N) is 4. The second-order valence-electron chi connectivity index (χ2n) is 4.07. The van der Waals surface area contributed by atoms with Gasteiger partial charge in [-0.25, -0.2) is 4.98 Å². The Morgan fingerprint density at radius 2 is 1.89 bits per heavy atom. The molecule has 0 aliphatic carbocycles. The fraction of sp³-hybridized carbons (Fsp3) is 0.0714. The molecule has 0 aliphatic rings. The van der Waals surface area contributed by atoms with Crippen LogP contribution in [0.2, 0.25) is 0 Å². The number of fused-ring (bicyclic) bond motifs is 1. The Kier molecular flexibility index (Phi) is 2.88. The average molecular weight is 250 g/mol. The monoisotopic (exact) mass is 250 g/mol. The van der Waals surface area contributed by atoms with Gasteiger partial charge in [0.05, 0.1) is 6.54 Å². The van der Waals surface area contributed by atoms with E-state index < -0.39 is 0 Å². The first kappa shape index (κ1) is 11.3. The van der Waals surface area contributed by atoms with Gasteiger partial charge in [-0.05, 0) is 35.4 Å². The van der Waals surface area contributed by atoms with Gasteiger partial charge in [-0.2, -0.15) is 0 Å². The van der Waals surface area contributed by atoms with E-state index in [0.717, 1.165) is 22.2 Å². The summed E-state index contributed by atoms with van der Waals surface area (Å²) < 4.78 is 5.68. The second kappa shape index (κ2) is 4.84. The predicted molar refractivity (Wildman–Crippen MR) is 72.3 cm³/mol. The third-order valence-electron chi connectivity index (χ3n) is 2.81. The maximum absolute atomic E-state index is 8.27. The quantitative estimate of drug-likeness (QED) is 0.394. The summed E-state index contributed by atoms with van der Waals surface area (Å²) in [5.41, 5.74) is 11.8. The van der Waals surface area contributed by atoms with Crippen LogP contribution in [0.15, 0.2) is 58.1 Å². The summed E-state index contributed by atoms with van der Waals surface area (Å²) in [5.74, 6) is 0.594. The van der Waals surface area contributed by atoms with Gasteiger partial charge in [0.25, 0.3) is 0 Å². The van der Waals surface area contributed by atoms with E-state index in [0.29, 0.717) is 12.4 Å². The summed E-state index contributed by atoms with van der Waals surface area (Å²) in [5, 5.41) is 3.52. The maximum atomic E-state index is 8.27. The summed E-state index contributed by atoms with van der Waals surface area (Å²) in [7, 11) is 0. The number of rotatable bonds is 3. The van der Waals surface area contributed by atoms with Crippen LogP contribution in [0.4, 0.5) is 0 Å². The molecule has 2 aromatic carbocycles. The lowest BCUT2D eigenvalue weighted by molar-refractivity contribution is 0.620. The smallest absolute Gasteiger partial charge is 0.227 e. The summed E-state index contributed by atoms with van der Waals surface area (Å²) >= 11 is 0. The number of benzene rings is 2. The highest BCUT2D eigenvalue weighted by Gasteiger charge is 2.07. The Balaban J connectivity index is 1.95. The van der Waals surface area contributed by atoms with Crippen molar-refractivity contribution >= 4 is 11.1 Å². The predicted octanol–water partition coefficient (Wildman–Crippen LogP) is 4.31. The highest BCUT2D eigenvalue weighted by molar-refractivity contribution is 5.75. The van der Waals surface area contributed by atoms with Gasteiger partial charge in [-0.15, -0.1) is 0 Å². The molecule has 0 bridgehead atoms. The highest BCUT2D eigenvalue weighted by atomic mass is 16.3. The van der Waals surface area contributed by atoms with E-state index in [1.807, 2.05) is 48.5 Å². The van der Waals surface area contributed by atoms with Crippen molar-refractivity contribution in [2.75, 3.05) is 0 Å². The molecule has 0 N–H and O–H groups in total. The van der Waals surface area contributed by atoms with Crippen LogP contribution in [0, 0.1) is 0 Å². The van der Waals surface area contributed by atoms with Crippen LogP contribution in [0.25, 0.3) is 33.0 Å². The lowest BCUT2D eigenvalue weighted by Crippen LogP contribution is -1.81. The number of para-hydroxylation sites is 2. The number of hydrogen-bond acceptors (Lipinski definition) is 3. The molecule has 0 aliphatic heterocycles. The summed E-state index contributed by atoms with van der Waals surface area (Å²) in [4.78, 5) is 7.16. The summed E-state index contributed by atoms with van der Waals surface area (Å²) in [6.07, 6.45) is 0. The van der Waals surface area contributed by atoms with Crippen LogP contribution in [0.1, 0.15) is 5.56 Å². The van der Waals surface area contributed by atoms with Crippen LogP contribution >= 0.6 is 0 Å². The largest absolute Gasteiger partial charge is 0.436 e. The lowest BCUT2D eigenvalue weighted by atomic mass is 10.1. The van der Waals surface area contributed by atoms with Gasteiger partial charge in [0, 0.05) is 10.5 Å². The first-order valence-corrected chi connectivity index (χ1v) is 5.82. The van der Waals surface area contributed by atoms with Crippen molar-refractivity contribution in [2.24, 2.45) is 5.11 Å². The van der Waals surface area contributed by atoms with E-state index >= 15 is 0 Å². The van der Waals surface area contributed by atoms with Gasteiger partial charge in [0.15, 0.2) is 5.58 Å². The molecule has 0 unspecified atom stereocenters. The molecule has 19 heavy (non-hydrogen) atoms. The Morgan fingerprint density at radius 1 is 1.11 bits per heavy atom. The van der Waals surface area contributed by atoms with E-state index in [2.05, 4.69) is 15.0 Å². The average Bonchev–Trinajstić information content (AvgIpc) is 2.89. The fourth-order valence-electron chi connectivity index (χ4n) is 1.86. The molecule has 5 nitrogen and oxygen atoms in total. The van der Waals surface area contributed by atoms with Gasteiger partial charge in [0.1, 0.15) is 5.52 Å². The Morgan fingerprint density at radius 3 is 2.63 bits per heavy atom. The van der Waals surface area contributed by atoms with E-state index in [1.165, 1.54) is 0 Å². The molecule has 92 valence electrons. The normalized spacial score (nSPS) is 10.3. The molecule has 3 aromatic rings. The minimum atomic E-state index is 0.352. The molecule has 1 heterocycles. The van der Waals surface area contributed by atoms with Crippen LogP contribution in [-0.4, -0.2) is 4.98 Å². The molecule has 0 amide bonds. The van der Waals surface area contributed by atoms with E-state index in [9.17, 15) is 0 Å². The van der Waals surface area contributed by atoms with Gasteiger partial charge in [0.2, 0.25) is 5.89 Å². The zero-order chi connectivity index (χ0) is 13.1. The van der Waals surface area contributed by atoms with Gasteiger partial charge in [-0.3, -0.25) is 0 Å². The third-order valence-corrected chi connectivity index (χ3v) is 2.81. The van der Waals surface area contributed by atoms with Gasteiger partial charge in [-0.1, -0.05) is 29.4 Å². The first-order valence-electron chi connectivity index (χ1n) is 5.82. The molecule has 0 saturated carbocycles. The standard InChI is InChI=1S/C14H10N4O/c15-18-16-9-10-5-7-11(8-6-10)14-17-12-3-1-2-4-13(12)19-14/h1-8H,9H2. The molecule has 0 saturated heterocycles. The lowest BCUT2D eigenvalue weighted by Gasteiger charge is -1.97. The van der Waals surface area contributed by atoms with Crippen LogP contribution in [-0.2, 0) is 6.54 Å². The molecular formula is C14H10N4O. The molecule has 0 radical (unpaired) electrons. The molecule has 5 heteroatoms. The van der Waals surface area contributed by atoms with Crippen LogP contribution in [0.3, 0.4) is 0 Å². The first-order chi connectivity index (χ1) is 9.36. The molecule has 0 atom stereocenters. The van der Waals surface area contributed by atoms with Crippen molar-refractivity contribution in [3.63, 3.8) is 0 Å². The third kappa shape index (κ3) is 2.27. The van der Waals surface area contributed by atoms with Crippen molar-refractivity contribution < 1.29 is 4.42 Å². The Hall–Kier alpha value is -2.78. The van der Waals surface area contributed by atoms with Crippen molar-refractivity contribution in [2.45, 2.75) is 6.54 Å².